The average molecular weight is 499 g/mol. The lowest BCUT2D eigenvalue weighted by atomic mass is 9.99. The molecule has 5 N–H and O–H groups in total. The number of aromatic amines is 1. The fraction of sp³-hybridized carbons (Fsp3) is 0.364. The molecule has 3 aromatic rings. The number of likely N-dealkylation sites (N-methyl/N-ethyl adjacent to an activating group) is 1. The second-order valence-electron chi connectivity index (χ2n) is 7.75. The van der Waals surface area contributed by atoms with Gasteiger partial charge in [-0.15, -0.1) is 24.8 Å². The second kappa shape index (κ2) is 10.9. The Labute approximate surface area is 203 Å². The van der Waals surface area contributed by atoms with Crippen LogP contribution in [0, 0.1) is 0 Å². The Hall–Kier alpha value is -2.72. The minimum Gasteiger partial charge on any atom is -0.504 e. The van der Waals surface area contributed by atoms with E-state index in [9.17, 15) is 14.7 Å². The summed E-state index contributed by atoms with van der Waals surface area (Å²) in [5, 5.41) is 27.0. The van der Waals surface area contributed by atoms with E-state index in [2.05, 4.69) is 37.1 Å². The number of aromatic nitrogens is 2. The van der Waals surface area contributed by atoms with Crippen molar-refractivity contribution in [3.63, 3.8) is 0 Å². The lowest BCUT2D eigenvalue weighted by Crippen LogP contribution is -2.25. The largest absolute Gasteiger partial charge is 0.511 e. The van der Waals surface area contributed by atoms with Crippen molar-refractivity contribution >= 4 is 41.9 Å². The zero-order valence-electron chi connectivity index (χ0n) is 18.4. The Morgan fingerprint density at radius 1 is 1.21 bits per heavy atom. The van der Waals surface area contributed by atoms with Crippen LogP contribution in [0.2, 0.25) is 0 Å². The van der Waals surface area contributed by atoms with Crippen molar-refractivity contribution in [3.05, 3.63) is 45.4 Å². The van der Waals surface area contributed by atoms with E-state index in [-0.39, 0.29) is 24.8 Å². The fourth-order valence-electron chi connectivity index (χ4n) is 4.24. The molecule has 4 rings (SSSR count). The third-order valence-electron chi connectivity index (χ3n) is 5.80. The average Bonchev–Trinajstić information content (AvgIpc) is 2.92. The van der Waals surface area contributed by atoms with Crippen molar-refractivity contribution in [3.8, 4) is 22.8 Å². The quantitative estimate of drug-likeness (QED) is 0.261. The van der Waals surface area contributed by atoms with Crippen LogP contribution in [-0.4, -0.2) is 46.1 Å². The molecule has 2 heterocycles. The molecule has 0 unspecified atom stereocenters. The van der Waals surface area contributed by atoms with E-state index in [4.69, 9.17) is 5.11 Å². The predicted molar refractivity (Wildman–Crippen MR) is 131 cm³/mol. The molecule has 0 fully saturated rings. The molecule has 1 aliphatic carbocycles. The van der Waals surface area contributed by atoms with Crippen LogP contribution in [0.3, 0.4) is 0 Å². The van der Waals surface area contributed by atoms with E-state index < -0.39 is 23.2 Å². The molecule has 0 saturated heterocycles. The summed E-state index contributed by atoms with van der Waals surface area (Å²) in [5.41, 5.74) is 4.41. The summed E-state index contributed by atoms with van der Waals surface area (Å²) in [6, 6.07) is 6.28. The SMILES string of the molecule is CNCCNCc1cc2cc3c(cc2n1C)CCCc1c-3[nH]c(=O)c(OC(=O)O)c1O.Cl.Cl. The number of nitrogens with zero attached hydrogens (tertiary/aromatic N) is 1. The highest BCUT2D eigenvalue weighted by atomic mass is 35.5. The first kappa shape index (κ1) is 26.5. The number of ether oxygens (including phenoxy) is 1. The number of carbonyl (C=O) groups is 1. The van der Waals surface area contributed by atoms with Crippen molar-refractivity contribution in [2.45, 2.75) is 25.8 Å². The molecule has 0 radical (unpaired) electrons. The molecule has 1 aromatic carbocycles. The summed E-state index contributed by atoms with van der Waals surface area (Å²) >= 11 is 0. The molecule has 2 aromatic heterocycles. The van der Waals surface area contributed by atoms with Gasteiger partial charge in [0.15, 0.2) is 5.75 Å². The van der Waals surface area contributed by atoms with Gasteiger partial charge in [-0.05, 0) is 50.1 Å². The first-order chi connectivity index (χ1) is 14.9. The Balaban J connectivity index is 0.00000193. The van der Waals surface area contributed by atoms with E-state index in [0.717, 1.165) is 60.2 Å². The van der Waals surface area contributed by atoms with Gasteiger partial charge in [0, 0.05) is 54.4 Å². The summed E-state index contributed by atoms with van der Waals surface area (Å²) in [6.07, 6.45) is 0.383. The third kappa shape index (κ3) is 5.11. The molecule has 180 valence electrons. The molecule has 0 atom stereocenters. The van der Waals surface area contributed by atoms with Gasteiger partial charge < -0.3 is 35.1 Å². The maximum absolute atomic E-state index is 12.4. The number of fused-ring (bicyclic) bond motifs is 4. The number of nitrogens with one attached hydrogen (secondary N) is 3. The lowest BCUT2D eigenvalue weighted by molar-refractivity contribution is 0.142. The topological polar surface area (TPSA) is 129 Å². The highest BCUT2D eigenvalue weighted by Crippen LogP contribution is 2.40. The van der Waals surface area contributed by atoms with Gasteiger partial charge in [-0.2, -0.15) is 0 Å². The molecule has 0 aliphatic heterocycles. The van der Waals surface area contributed by atoms with E-state index in [1.54, 1.807) is 0 Å². The monoisotopic (exact) mass is 498 g/mol. The number of rotatable bonds is 6. The Kier molecular flexibility index (Phi) is 8.79. The number of halogens is 2. The normalized spacial score (nSPS) is 12.2. The van der Waals surface area contributed by atoms with Crippen LogP contribution in [0.4, 0.5) is 4.79 Å². The molecule has 0 bridgehead atoms. The van der Waals surface area contributed by atoms with Crippen molar-refractivity contribution in [2.24, 2.45) is 7.05 Å². The second-order valence-corrected chi connectivity index (χ2v) is 7.75. The Morgan fingerprint density at radius 3 is 2.67 bits per heavy atom. The third-order valence-corrected chi connectivity index (χ3v) is 5.80. The first-order valence-electron chi connectivity index (χ1n) is 10.3. The molecular formula is C22H28Cl2N4O5. The fourth-order valence-corrected chi connectivity index (χ4v) is 4.24. The molecule has 11 heteroatoms. The minimum absolute atomic E-state index is 0. The van der Waals surface area contributed by atoms with Gasteiger partial charge in [0.25, 0.3) is 5.56 Å². The van der Waals surface area contributed by atoms with Gasteiger partial charge in [-0.25, -0.2) is 4.79 Å². The molecule has 33 heavy (non-hydrogen) atoms. The molecular weight excluding hydrogens is 471 g/mol. The number of pyridine rings is 1. The number of hydrogen-bond donors (Lipinski definition) is 5. The number of benzene rings is 1. The van der Waals surface area contributed by atoms with Crippen molar-refractivity contribution in [1.82, 2.24) is 20.2 Å². The van der Waals surface area contributed by atoms with Gasteiger partial charge in [0.2, 0.25) is 5.75 Å². The summed E-state index contributed by atoms with van der Waals surface area (Å²) in [7, 11) is 3.96. The molecule has 9 nitrogen and oxygen atoms in total. The molecule has 0 amide bonds. The van der Waals surface area contributed by atoms with Crippen molar-refractivity contribution < 1.29 is 19.7 Å². The number of hydrogen-bond acceptors (Lipinski definition) is 6. The highest BCUT2D eigenvalue weighted by Gasteiger charge is 2.25. The van der Waals surface area contributed by atoms with E-state index >= 15 is 0 Å². The van der Waals surface area contributed by atoms with Gasteiger partial charge in [-0.1, -0.05) is 0 Å². The van der Waals surface area contributed by atoms with Gasteiger partial charge in [-0.3, -0.25) is 4.79 Å². The molecule has 1 aliphatic rings. The maximum atomic E-state index is 12.4. The summed E-state index contributed by atoms with van der Waals surface area (Å²) in [6.45, 7) is 2.49. The van der Waals surface area contributed by atoms with E-state index in [1.165, 1.54) is 0 Å². The van der Waals surface area contributed by atoms with Crippen molar-refractivity contribution in [2.75, 3.05) is 20.1 Å². The standard InChI is InChI=1S/C22H26N4O5.2ClH/c1-23-6-7-24-11-14-8-13-9-16-12(10-17(13)26(14)2)4-3-5-15-18(16)25-21(28)20(19(15)27)31-22(29)30;;/h8-10,23-24H,3-7,11H2,1-2H3,(H,29,30)(H2,25,27,28);2*1H. The van der Waals surface area contributed by atoms with Crippen LogP contribution in [0.15, 0.2) is 23.0 Å². The van der Waals surface area contributed by atoms with E-state index in [1.807, 2.05) is 20.2 Å². The zero-order chi connectivity index (χ0) is 22.1. The minimum atomic E-state index is -1.64. The lowest BCUT2D eigenvalue weighted by Gasteiger charge is -2.13. The Bertz CT molecular complexity index is 1220. The van der Waals surface area contributed by atoms with Gasteiger partial charge in [0.1, 0.15) is 0 Å². The van der Waals surface area contributed by atoms with Crippen molar-refractivity contribution in [1.29, 1.82) is 0 Å². The van der Waals surface area contributed by atoms with Gasteiger partial charge >= 0.3 is 6.16 Å². The summed E-state index contributed by atoms with van der Waals surface area (Å²) in [4.78, 5) is 26.1. The van der Waals surface area contributed by atoms with Crippen LogP contribution >= 0.6 is 24.8 Å². The number of carboxylic acid groups (broad SMARTS) is 1. The zero-order valence-corrected chi connectivity index (χ0v) is 20.0. The van der Waals surface area contributed by atoms with E-state index in [0.29, 0.717) is 17.7 Å². The van der Waals surface area contributed by atoms with Gasteiger partial charge in [0.05, 0.1) is 5.69 Å². The molecule has 0 spiro atoms. The summed E-state index contributed by atoms with van der Waals surface area (Å²) in [5.74, 6) is -0.984. The smallest absolute Gasteiger partial charge is 0.504 e. The number of aromatic hydroxyl groups is 1. The summed E-state index contributed by atoms with van der Waals surface area (Å²) < 4.78 is 6.69. The Morgan fingerprint density at radius 2 is 1.97 bits per heavy atom. The van der Waals surface area contributed by atoms with Crippen LogP contribution < -0.4 is 20.9 Å². The first-order valence-corrected chi connectivity index (χ1v) is 10.3. The van der Waals surface area contributed by atoms with Crippen LogP contribution in [0.5, 0.6) is 11.5 Å². The van der Waals surface area contributed by atoms with Crippen LogP contribution in [0.25, 0.3) is 22.2 Å². The highest BCUT2D eigenvalue weighted by molar-refractivity contribution is 5.89. The predicted octanol–water partition coefficient (Wildman–Crippen LogP) is 2.94. The number of H-pyrrole nitrogens is 1. The van der Waals surface area contributed by atoms with Crippen LogP contribution in [0.1, 0.15) is 23.2 Å². The molecule has 0 saturated carbocycles. The maximum Gasteiger partial charge on any atom is 0.511 e. The number of aryl methyl sites for hydroxylation is 2. The van der Waals surface area contributed by atoms with Crippen LogP contribution in [-0.2, 0) is 26.4 Å².